The summed E-state index contributed by atoms with van der Waals surface area (Å²) in [6, 6.07) is 26.7. The molecule has 0 radical (unpaired) electrons. The quantitative estimate of drug-likeness (QED) is 0.0289. The zero-order valence-corrected chi connectivity index (χ0v) is 35.4. The minimum atomic E-state index is -7.22. The molecular formula is C47H17BClF20NO2. The lowest BCUT2D eigenvalue weighted by Gasteiger charge is -2.44. The average molecular weight is 1050 g/mol. The first-order valence-electron chi connectivity index (χ1n) is 19.6. The third-order valence-electron chi connectivity index (χ3n) is 11.0. The van der Waals surface area contributed by atoms with Crippen LogP contribution in [0.4, 0.5) is 87.8 Å². The minimum absolute atomic E-state index is 0.412. The van der Waals surface area contributed by atoms with Gasteiger partial charge in [0, 0.05) is 16.7 Å². The molecule has 0 spiro atoms. The summed E-state index contributed by atoms with van der Waals surface area (Å²) < 4.78 is 301. The molecule has 7 aromatic carbocycles. The maximum absolute atomic E-state index is 15.4. The van der Waals surface area contributed by atoms with Crippen molar-refractivity contribution in [1.29, 1.82) is 0 Å². The van der Waals surface area contributed by atoms with Crippen molar-refractivity contribution in [2.75, 3.05) is 0 Å². The van der Waals surface area contributed by atoms with Crippen LogP contribution in [0.3, 0.4) is 0 Å². The molecule has 1 aromatic heterocycles. The topological polar surface area (TPSA) is 30.2 Å². The number of rotatable bonds is 8. The van der Waals surface area contributed by atoms with Gasteiger partial charge in [-0.25, -0.2) is 92.6 Å². The SMILES string of the molecule is Fc1c(F)c(F)c([B-](c2c(F)c(F)c(F)c(F)c2F)(c2c(F)c(F)c(F)c(F)c2F)c2c(F)c(F)c(F)c(F)c2F)c(F)c1F.O=C(Oc1cccc(Cl)c1)c1c2ccccc2cc[n+]1Cc1ccccc1. The minimum Gasteiger partial charge on any atom is -0.418 e. The van der Waals surface area contributed by atoms with Gasteiger partial charge in [0.1, 0.15) is 58.4 Å². The van der Waals surface area contributed by atoms with E-state index in [-0.39, 0.29) is 0 Å². The van der Waals surface area contributed by atoms with E-state index in [4.69, 9.17) is 16.3 Å². The molecule has 1 heterocycles. The van der Waals surface area contributed by atoms with E-state index in [0.29, 0.717) is 23.0 Å². The number of aromatic nitrogens is 1. The lowest BCUT2D eigenvalue weighted by molar-refractivity contribution is -0.689. The van der Waals surface area contributed by atoms with Crippen LogP contribution in [0.1, 0.15) is 16.1 Å². The second kappa shape index (κ2) is 19.9. The number of fused-ring (bicyclic) bond motifs is 1. The Labute approximate surface area is 393 Å². The number of nitrogens with zero attached hydrogens (tertiary/aromatic N) is 1. The van der Waals surface area contributed by atoms with E-state index in [2.05, 4.69) is 0 Å². The Morgan fingerprint density at radius 1 is 0.417 bits per heavy atom. The predicted octanol–water partition coefficient (Wildman–Crippen LogP) is 10.9. The van der Waals surface area contributed by atoms with Gasteiger partial charge in [0.05, 0.1) is 5.39 Å². The van der Waals surface area contributed by atoms with Gasteiger partial charge in [-0.2, -0.15) is 4.57 Å². The highest BCUT2D eigenvalue weighted by molar-refractivity contribution is 7.20. The molecule has 72 heavy (non-hydrogen) atoms. The van der Waals surface area contributed by atoms with Gasteiger partial charge in [-0.1, -0.05) is 66.2 Å². The number of carbonyl (C=O) groups excluding carboxylic acids is 1. The van der Waals surface area contributed by atoms with Gasteiger partial charge >= 0.3 is 5.97 Å². The molecule has 3 nitrogen and oxygen atoms in total. The molecular weight excluding hydrogens is 1040 g/mol. The fourth-order valence-corrected chi connectivity index (χ4v) is 8.14. The summed E-state index contributed by atoms with van der Waals surface area (Å²) in [5.41, 5.74) is -12.7. The number of esters is 1. The monoisotopic (exact) mass is 1050 g/mol. The number of halogens is 21. The Kier molecular flexibility index (Phi) is 14.4. The van der Waals surface area contributed by atoms with Crippen LogP contribution < -0.4 is 31.2 Å². The summed E-state index contributed by atoms with van der Waals surface area (Å²) in [4.78, 5) is 13.1. The Morgan fingerprint density at radius 2 is 0.764 bits per heavy atom. The van der Waals surface area contributed by atoms with Crippen LogP contribution in [0.2, 0.25) is 5.02 Å². The van der Waals surface area contributed by atoms with E-state index < -0.39 is 150 Å². The van der Waals surface area contributed by atoms with E-state index in [9.17, 15) is 57.5 Å². The summed E-state index contributed by atoms with van der Waals surface area (Å²) in [5, 5.41) is 2.36. The van der Waals surface area contributed by atoms with Gasteiger partial charge in [-0.05, 0) is 29.7 Å². The van der Waals surface area contributed by atoms with Crippen LogP contribution in [-0.4, -0.2) is 12.1 Å². The lowest BCUT2D eigenvalue weighted by Crippen LogP contribution is -2.81. The normalized spacial score (nSPS) is 11.5. The zero-order chi connectivity index (χ0) is 53.0. The number of hydrogen-bond acceptors (Lipinski definition) is 2. The number of pyridine rings is 1. The fraction of sp³-hybridized carbons (Fsp3) is 0.0213. The highest BCUT2D eigenvalue weighted by atomic mass is 35.5. The summed E-state index contributed by atoms with van der Waals surface area (Å²) in [6.07, 6.45) is -5.30. The first-order chi connectivity index (χ1) is 33.9. The predicted molar refractivity (Wildman–Crippen MR) is 215 cm³/mol. The van der Waals surface area contributed by atoms with Crippen LogP contribution in [-0.2, 0) is 6.54 Å². The van der Waals surface area contributed by atoms with Crippen LogP contribution in [0.5, 0.6) is 5.75 Å². The van der Waals surface area contributed by atoms with Gasteiger partial charge in [-0.3, -0.25) is 0 Å². The van der Waals surface area contributed by atoms with E-state index >= 15 is 35.1 Å². The Morgan fingerprint density at radius 3 is 1.14 bits per heavy atom. The molecule has 0 N–H and O–H groups in total. The molecule has 25 heteroatoms. The molecule has 0 saturated carbocycles. The summed E-state index contributed by atoms with van der Waals surface area (Å²) in [6.45, 7) is 0.575. The van der Waals surface area contributed by atoms with E-state index in [0.717, 1.165) is 16.3 Å². The maximum atomic E-state index is 15.4. The molecule has 372 valence electrons. The molecule has 8 aromatic rings. The van der Waals surface area contributed by atoms with Crippen molar-refractivity contribution in [3.8, 4) is 5.75 Å². The van der Waals surface area contributed by atoms with Crippen LogP contribution >= 0.6 is 11.6 Å². The number of carbonyl (C=O) groups is 1. The largest absolute Gasteiger partial charge is 0.418 e. The highest BCUT2D eigenvalue weighted by Crippen LogP contribution is 2.31. The van der Waals surface area contributed by atoms with Crippen molar-refractivity contribution >= 4 is 56.3 Å². The van der Waals surface area contributed by atoms with E-state index in [1.54, 1.807) is 24.3 Å². The standard InChI is InChI=1S/C24BF20.C23H17ClNO2/c26-5-1(6(27)14(35)21(42)13(5)34)25(2-7(28)15(36)22(43)16(37)8(2)29,3-9(30)17(38)23(44)18(39)10(3)31)4-11(32)19(40)24(45)20(41)12(4)33;24-19-10-6-11-20(15-19)27-23(26)22-21-12-5-4-9-18(21)13-14-25(22)16-17-7-2-1-3-8-17/h;1-15H,16H2/q-1;+1. The van der Waals surface area contributed by atoms with Gasteiger partial charge < -0.3 is 4.74 Å². The first-order valence-corrected chi connectivity index (χ1v) is 19.9. The smallest absolute Gasteiger partial charge is 0.409 e. The van der Waals surface area contributed by atoms with Crippen molar-refractivity contribution in [2.24, 2.45) is 0 Å². The number of ether oxygens (including phenoxy) is 1. The molecule has 0 atom stereocenters. The average Bonchev–Trinajstić information content (AvgIpc) is 3.36. The molecule has 0 aliphatic rings. The summed E-state index contributed by atoms with van der Waals surface area (Å²) >= 11 is 6.01. The van der Waals surface area contributed by atoms with Crippen LogP contribution in [0.25, 0.3) is 10.8 Å². The first kappa shape index (κ1) is 52.2. The van der Waals surface area contributed by atoms with Crippen molar-refractivity contribution in [1.82, 2.24) is 0 Å². The molecule has 0 bridgehead atoms. The van der Waals surface area contributed by atoms with Crippen molar-refractivity contribution < 1.29 is 102 Å². The Bertz CT molecular complexity index is 3150. The van der Waals surface area contributed by atoms with Gasteiger partial charge in [0.15, 0.2) is 82.5 Å². The molecule has 0 saturated heterocycles. The van der Waals surface area contributed by atoms with E-state index in [1.165, 1.54) is 0 Å². The number of hydrogen-bond donors (Lipinski definition) is 0. The Hall–Kier alpha value is -7.63. The third-order valence-corrected chi connectivity index (χ3v) is 11.3. The lowest BCUT2D eigenvalue weighted by atomic mass is 9.12. The third kappa shape index (κ3) is 8.49. The van der Waals surface area contributed by atoms with Crippen LogP contribution in [0, 0.1) is 116 Å². The highest BCUT2D eigenvalue weighted by Gasteiger charge is 2.52. The summed E-state index contributed by atoms with van der Waals surface area (Å²) in [5.74, 6) is -71.4. The van der Waals surface area contributed by atoms with Crippen molar-refractivity contribution in [2.45, 2.75) is 6.54 Å². The Balaban J connectivity index is 0.000000238. The maximum Gasteiger partial charge on any atom is 0.409 e. The molecule has 0 aliphatic heterocycles. The van der Waals surface area contributed by atoms with Gasteiger partial charge in [0.25, 0.3) is 5.69 Å². The fourth-order valence-electron chi connectivity index (χ4n) is 7.96. The van der Waals surface area contributed by atoms with Gasteiger partial charge in [-0.15, -0.1) is 21.9 Å². The van der Waals surface area contributed by atoms with Crippen molar-refractivity contribution in [3.63, 3.8) is 0 Å². The van der Waals surface area contributed by atoms with Crippen LogP contribution in [0.15, 0.2) is 91.1 Å². The second-order valence-corrected chi connectivity index (χ2v) is 15.4. The van der Waals surface area contributed by atoms with Crippen molar-refractivity contribution in [3.05, 3.63) is 224 Å². The molecule has 0 unspecified atom stereocenters. The molecule has 0 amide bonds. The number of benzene rings is 7. The molecule has 8 rings (SSSR count). The molecule has 0 fully saturated rings. The molecule has 0 aliphatic carbocycles. The van der Waals surface area contributed by atoms with Gasteiger partial charge in [0.2, 0.25) is 0 Å². The van der Waals surface area contributed by atoms with E-state index in [1.807, 2.05) is 71.4 Å². The second-order valence-electron chi connectivity index (χ2n) is 15.0. The zero-order valence-electron chi connectivity index (χ0n) is 34.6. The summed E-state index contributed by atoms with van der Waals surface area (Å²) in [7, 11) is 0.